The molecule has 3 aromatic rings. The van der Waals surface area contributed by atoms with Gasteiger partial charge in [-0.1, -0.05) is 24.3 Å². The number of sulfonamides is 1. The smallest absolute Gasteiger partial charge is 0.253 e. The predicted molar refractivity (Wildman–Crippen MR) is 110 cm³/mol. The van der Waals surface area contributed by atoms with Gasteiger partial charge in [0.15, 0.2) is 0 Å². The highest BCUT2D eigenvalue weighted by Gasteiger charge is 2.11. The molecule has 29 heavy (non-hydrogen) atoms. The summed E-state index contributed by atoms with van der Waals surface area (Å²) in [5, 5.41) is 2.80. The molecule has 0 aliphatic rings. The highest BCUT2D eigenvalue weighted by Crippen LogP contribution is 2.22. The SMILES string of the molecule is CNS(=O)(=O)c1ccc(CNC(=O)c2ccc(-c3cccc(OC)c3)nc2)cc1. The lowest BCUT2D eigenvalue weighted by molar-refractivity contribution is 0.0950. The van der Waals surface area contributed by atoms with Crippen LogP contribution in [0.3, 0.4) is 0 Å². The molecule has 0 spiro atoms. The van der Waals surface area contributed by atoms with Gasteiger partial charge in [-0.3, -0.25) is 9.78 Å². The van der Waals surface area contributed by atoms with Crippen LogP contribution in [0.2, 0.25) is 0 Å². The van der Waals surface area contributed by atoms with E-state index >= 15 is 0 Å². The summed E-state index contributed by atoms with van der Waals surface area (Å²) in [5.74, 6) is 0.473. The first-order chi connectivity index (χ1) is 13.9. The zero-order chi connectivity index (χ0) is 20.9. The molecule has 1 amide bonds. The number of pyridine rings is 1. The maximum Gasteiger partial charge on any atom is 0.253 e. The molecule has 8 heteroatoms. The molecule has 2 N–H and O–H groups in total. The van der Waals surface area contributed by atoms with Gasteiger partial charge >= 0.3 is 0 Å². The van der Waals surface area contributed by atoms with E-state index in [1.165, 1.54) is 25.4 Å². The molecular weight excluding hydrogens is 390 g/mol. The van der Waals surface area contributed by atoms with Gasteiger partial charge in [0.25, 0.3) is 5.91 Å². The third kappa shape index (κ3) is 4.98. The first kappa shape index (κ1) is 20.5. The van der Waals surface area contributed by atoms with Gasteiger partial charge in [0, 0.05) is 18.3 Å². The van der Waals surface area contributed by atoms with Crippen molar-refractivity contribution in [3.63, 3.8) is 0 Å². The van der Waals surface area contributed by atoms with E-state index in [2.05, 4.69) is 15.0 Å². The van der Waals surface area contributed by atoms with Gasteiger partial charge in [0.2, 0.25) is 10.0 Å². The van der Waals surface area contributed by atoms with Crippen LogP contribution < -0.4 is 14.8 Å². The molecule has 0 aliphatic carbocycles. The van der Waals surface area contributed by atoms with Gasteiger partial charge in [0.1, 0.15) is 5.75 Å². The fourth-order valence-electron chi connectivity index (χ4n) is 2.67. The van der Waals surface area contributed by atoms with Crippen molar-refractivity contribution in [1.29, 1.82) is 0 Å². The van der Waals surface area contributed by atoms with Crippen LogP contribution in [0.4, 0.5) is 0 Å². The van der Waals surface area contributed by atoms with E-state index in [4.69, 9.17) is 4.74 Å². The zero-order valence-corrected chi connectivity index (χ0v) is 16.9. The molecule has 0 saturated carbocycles. The summed E-state index contributed by atoms with van der Waals surface area (Å²) in [6.45, 7) is 0.274. The Morgan fingerprint density at radius 3 is 2.45 bits per heavy atom. The van der Waals surface area contributed by atoms with Crippen LogP contribution >= 0.6 is 0 Å². The molecule has 0 radical (unpaired) electrons. The summed E-state index contributed by atoms with van der Waals surface area (Å²) in [6.07, 6.45) is 1.52. The van der Waals surface area contributed by atoms with Crippen LogP contribution in [-0.2, 0) is 16.6 Å². The van der Waals surface area contributed by atoms with Crippen molar-refractivity contribution in [2.75, 3.05) is 14.2 Å². The summed E-state index contributed by atoms with van der Waals surface area (Å²) in [6, 6.07) is 17.3. The molecule has 1 heterocycles. The molecular formula is C21H21N3O4S. The molecule has 1 aromatic heterocycles. The van der Waals surface area contributed by atoms with Gasteiger partial charge in [-0.25, -0.2) is 13.1 Å². The van der Waals surface area contributed by atoms with Crippen LogP contribution in [0.25, 0.3) is 11.3 Å². The number of amides is 1. The first-order valence-electron chi connectivity index (χ1n) is 8.84. The summed E-state index contributed by atoms with van der Waals surface area (Å²) in [7, 11) is -0.512. The zero-order valence-electron chi connectivity index (χ0n) is 16.0. The Hall–Kier alpha value is -3.23. The van der Waals surface area contributed by atoms with Crippen molar-refractivity contribution in [2.24, 2.45) is 0 Å². The lowest BCUT2D eigenvalue weighted by Gasteiger charge is -2.08. The van der Waals surface area contributed by atoms with Crippen LogP contribution in [0.5, 0.6) is 5.75 Å². The molecule has 0 bridgehead atoms. The number of ether oxygens (including phenoxy) is 1. The van der Waals surface area contributed by atoms with E-state index in [9.17, 15) is 13.2 Å². The van der Waals surface area contributed by atoms with Crippen molar-refractivity contribution < 1.29 is 17.9 Å². The van der Waals surface area contributed by atoms with Crippen molar-refractivity contribution in [3.05, 3.63) is 78.0 Å². The molecule has 150 valence electrons. The number of hydrogen-bond acceptors (Lipinski definition) is 5. The third-order valence-electron chi connectivity index (χ3n) is 4.35. The van der Waals surface area contributed by atoms with Crippen molar-refractivity contribution in [3.8, 4) is 17.0 Å². The van der Waals surface area contributed by atoms with E-state index in [0.717, 1.165) is 22.6 Å². The van der Waals surface area contributed by atoms with Gasteiger partial charge in [-0.2, -0.15) is 0 Å². The van der Waals surface area contributed by atoms with Crippen LogP contribution in [0.1, 0.15) is 15.9 Å². The molecule has 3 rings (SSSR count). The average molecular weight is 411 g/mol. The summed E-state index contributed by atoms with van der Waals surface area (Å²) in [5.41, 5.74) is 2.86. The van der Waals surface area contributed by atoms with E-state index in [1.807, 2.05) is 24.3 Å². The Bertz CT molecular complexity index is 1100. The number of rotatable bonds is 7. The highest BCUT2D eigenvalue weighted by atomic mass is 32.2. The molecule has 0 aliphatic heterocycles. The number of carbonyl (C=O) groups is 1. The van der Waals surface area contributed by atoms with E-state index in [1.54, 1.807) is 31.4 Å². The summed E-state index contributed by atoms with van der Waals surface area (Å²) < 4.78 is 30.9. The van der Waals surface area contributed by atoms with Gasteiger partial charge in [-0.15, -0.1) is 0 Å². The molecule has 0 atom stereocenters. The molecule has 2 aromatic carbocycles. The van der Waals surface area contributed by atoms with Crippen LogP contribution in [0.15, 0.2) is 71.8 Å². The lowest BCUT2D eigenvalue weighted by atomic mass is 10.1. The number of nitrogens with one attached hydrogen (secondary N) is 2. The second kappa shape index (κ2) is 8.85. The number of benzene rings is 2. The van der Waals surface area contributed by atoms with Gasteiger partial charge in [-0.05, 0) is 49.0 Å². The maximum atomic E-state index is 12.4. The predicted octanol–water partition coefficient (Wildman–Crippen LogP) is 2.60. The minimum absolute atomic E-state index is 0.174. The summed E-state index contributed by atoms with van der Waals surface area (Å²) >= 11 is 0. The Balaban J connectivity index is 1.64. The second-order valence-corrected chi connectivity index (χ2v) is 8.08. The standard InChI is InChI=1S/C21H21N3O4S/c1-22-29(26,27)19-9-6-15(7-10-19)13-24-21(25)17-8-11-20(23-14-17)16-4-3-5-18(12-16)28-2/h3-12,14,22H,13H2,1-2H3,(H,24,25). The number of nitrogens with zero attached hydrogens (tertiary/aromatic N) is 1. The van der Waals surface area contributed by atoms with E-state index < -0.39 is 10.0 Å². The second-order valence-electron chi connectivity index (χ2n) is 6.20. The van der Waals surface area contributed by atoms with Crippen molar-refractivity contribution in [1.82, 2.24) is 15.0 Å². The first-order valence-corrected chi connectivity index (χ1v) is 10.3. The molecule has 7 nitrogen and oxygen atoms in total. The Morgan fingerprint density at radius 1 is 1.07 bits per heavy atom. The van der Waals surface area contributed by atoms with Gasteiger partial charge < -0.3 is 10.1 Å². The Labute approximate surface area is 169 Å². The third-order valence-corrected chi connectivity index (χ3v) is 5.78. The molecule has 0 saturated heterocycles. The maximum absolute atomic E-state index is 12.4. The van der Waals surface area contributed by atoms with Crippen LogP contribution in [-0.4, -0.2) is 33.5 Å². The minimum atomic E-state index is -3.47. The minimum Gasteiger partial charge on any atom is -0.497 e. The number of carbonyl (C=O) groups excluding carboxylic acids is 1. The van der Waals surface area contributed by atoms with E-state index in [-0.39, 0.29) is 17.3 Å². The van der Waals surface area contributed by atoms with E-state index in [0.29, 0.717) is 5.56 Å². The fourth-order valence-corrected chi connectivity index (χ4v) is 3.40. The normalized spacial score (nSPS) is 11.1. The van der Waals surface area contributed by atoms with Crippen LogP contribution in [0, 0.1) is 0 Å². The quantitative estimate of drug-likeness (QED) is 0.623. The highest BCUT2D eigenvalue weighted by molar-refractivity contribution is 7.89. The van der Waals surface area contributed by atoms with Crippen molar-refractivity contribution in [2.45, 2.75) is 11.4 Å². The summed E-state index contributed by atoms with van der Waals surface area (Å²) in [4.78, 5) is 16.9. The monoisotopic (exact) mass is 411 g/mol. The average Bonchev–Trinajstić information content (AvgIpc) is 2.78. The molecule has 0 unspecified atom stereocenters. The largest absolute Gasteiger partial charge is 0.497 e. The Kier molecular flexibility index (Phi) is 6.26. The number of aromatic nitrogens is 1. The Morgan fingerprint density at radius 2 is 1.83 bits per heavy atom. The fraction of sp³-hybridized carbons (Fsp3) is 0.143. The number of methoxy groups -OCH3 is 1. The molecule has 0 fully saturated rings. The van der Waals surface area contributed by atoms with Gasteiger partial charge in [0.05, 0.1) is 23.3 Å². The lowest BCUT2D eigenvalue weighted by Crippen LogP contribution is -2.23. The topological polar surface area (TPSA) is 97.4 Å². The van der Waals surface area contributed by atoms with Crippen molar-refractivity contribution >= 4 is 15.9 Å². The number of hydrogen-bond donors (Lipinski definition) is 2.